The zero-order valence-electron chi connectivity index (χ0n) is 6.48. The second kappa shape index (κ2) is 3.45. The van der Waals surface area contributed by atoms with Gasteiger partial charge in [0.15, 0.2) is 0 Å². The van der Waals surface area contributed by atoms with E-state index in [0.717, 1.165) is 10.1 Å². The minimum Gasteiger partial charge on any atom is -0.207 e. The first-order valence-electron chi connectivity index (χ1n) is 3.65. The van der Waals surface area contributed by atoms with Gasteiger partial charge in [0.1, 0.15) is 5.82 Å². The van der Waals surface area contributed by atoms with Crippen LogP contribution in [0.4, 0.5) is 4.39 Å². The monoisotopic (exact) mass is 234 g/mol. The van der Waals surface area contributed by atoms with Crippen molar-refractivity contribution in [3.8, 4) is 0 Å². The summed E-state index contributed by atoms with van der Waals surface area (Å²) in [6.45, 7) is 0. The van der Waals surface area contributed by atoms with Crippen LogP contribution in [0.1, 0.15) is 5.56 Å². The van der Waals surface area contributed by atoms with Crippen molar-refractivity contribution in [3.05, 3.63) is 33.9 Å². The average Bonchev–Trinajstić information content (AvgIpc) is 2.45. The van der Waals surface area contributed by atoms with Gasteiger partial charge >= 0.3 is 0 Å². The molecule has 0 atom stereocenters. The highest BCUT2D eigenvalue weighted by Crippen LogP contribution is 2.33. The molecule has 2 rings (SSSR count). The van der Waals surface area contributed by atoms with Crippen molar-refractivity contribution >= 4 is 44.6 Å². The third kappa shape index (κ3) is 1.54. The summed E-state index contributed by atoms with van der Waals surface area (Å²) in [6.07, 6.45) is 0. The van der Waals surface area contributed by atoms with E-state index >= 15 is 0 Å². The fourth-order valence-corrected chi connectivity index (χ4v) is 2.69. The van der Waals surface area contributed by atoms with Crippen molar-refractivity contribution in [1.82, 2.24) is 0 Å². The van der Waals surface area contributed by atoms with Gasteiger partial charge in [-0.05, 0) is 18.2 Å². The van der Waals surface area contributed by atoms with Crippen molar-refractivity contribution < 1.29 is 4.39 Å². The fraction of sp³-hybridized carbons (Fsp3) is 0.111. The molecule has 0 bridgehead atoms. The minimum absolute atomic E-state index is 0.177. The van der Waals surface area contributed by atoms with Gasteiger partial charge in [-0.15, -0.1) is 22.9 Å². The summed E-state index contributed by atoms with van der Waals surface area (Å²) in [6, 6.07) is 4.90. The lowest BCUT2D eigenvalue weighted by molar-refractivity contribution is 0.619. The second-order valence-electron chi connectivity index (χ2n) is 2.62. The van der Waals surface area contributed by atoms with Crippen LogP contribution in [0, 0.1) is 5.82 Å². The van der Waals surface area contributed by atoms with Gasteiger partial charge in [-0.25, -0.2) is 4.39 Å². The van der Waals surface area contributed by atoms with Gasteiger partial charge in [0.2, 0.25) is 0 Å². The van der Waals surface area contributed by atoms with Crippen LogP contribution in [-0.4, -0.2) is 0 Å². The molecule has 0 fully saturated rings. The molecule has 0 amide bonds. The van der Waals surface area contributed by atoms with Crippen LogP contribution in [0.15, 0.2) is 18.2 Å². The quantitative estimate of drug-likeness (QED) is 0.641. The number of hydrogen-bond acceptors (Lipinski definition) is 1. The molecule has 2 aromatic rings. The number of thiophene rings is 1. The lowest BCUT2D eigenvalue weighted by Gasteiger charge is -1.99. The van der Waals surface area contributed by atoms with Gasteiger partial charge in [-0.3, -0.25) is 0 Å². The van der Waals surface area contributed by atoms with Crippen molar-refractivity contribution in [2.75, 3.05) is 0 Å². The Balaban J connectivity index is 2.82. The van der Waals surface area contributed by atoms with E-state index in [-0.39, 0.29) is 11.7 Å². The Hall–Kier alpha value is -0.310. The van der Waals surface area contributed by atoms with Crippen molar-refractivity contribution in [3.63, 3.8) is 0 Å². The van der Waals surface area contributed by atoms with Crippen LogP contribution in [0.25, 0.3) is 10.1 Å². The maximum atomic E-state index is 13.2. The average molecular weight is 235 g/mol. The summed E-state index contributed by atoms with van der Waals surface area (Å²) in [5.41, 5.74) is 0.530. The first-order valence-corrected chi connectivity index (χ1v) is 5.37. The first kappa shape index (κ1) is 9.25. The summed E-state index contributed by atoms with van der Waals surface area (Å²) >= 11 is 12.9. The standard InChI is InChI=1S/C9H5Cl2FS/c10-4-6-5-3-9(11)13-8(5)2-1-7(6)12/h1-3H,4H2. The topological polar surface area (TPSA) is 0 Å². The summed E-state index contributed by atoms with van der Waals surface area (Å²) in [7, 11) is 0. The number of halogens is 3. The van der Waals surface area contributed by atoms with Gasteiger partial charge in [0.05, 0.1) is 10.2 Å². The summed E-state index contributed by atoms with van der Waals surface area (Å²) in [5, 5.41) is 0.824. The van der Waals surface area contributed by atoms with Gasteiger partial charge in [-0.2, -0.15) is 0 Å². The molecule has 0 nitrogen and oxygen atoms in total. The van der Waals surface area contributed by atoms with Gasteiger partial charge in [0, 0.05) is 15.6 Å². The SMILES string of the molecule is Fc1ccc2sc(Cl)cc2c1CCl. The lowest BCUT2D eigenvalue weighted by Crippen LogP contribution is -1.85. The Morgan fingerprint density at radius 3 is 2.85 bits per heavy atom. The molecule has 0 aliphatic carbocycles. The van der Waals surface area contributed by atoms with E-state index in [1.54, 1.807) is 12.1 Å². The molecule has 1 heterocycles. The first-order chi connectivity index (χ1) is 6.22. The summed E-state index contributed by atoms with van der Waals surface area (Å²) in [4.78, 5) is 0. The van der Waals surface area contributed by atoms with Crippen LogP contribution >= 0.6 is 34.5 Å². The van der Waals surface area contributed by atoms with Crippen LogP contribution in [0.2, 0.25) is 4.34 Å². The van der Waals surface area contributed by atoms with Crippen LogP contribution in [0.3, 0.4) is 0 Å². The van der Waals surface area contributed by atoms with Gasteiger partial charge in [-0.1, -0.05) is 11.6 Å². The molecule has 0 aliphatic rings. The lowest BCUT2D eigenvalue weighted by atomic mass is 10.1. The maximum Gasteiger partial charge on any atom is 0.128 e. The molecular formula is C9H5Cl2FS. The number of benzene rings is 1. The van der Waals surface area contributed by atoms with Crippen LogP contribution < -0.4 is 0 Å². The maximum absolute atomic E-state index is 13.2. The summed E-state index contributed by atoms with van der Waals surface area (Å²) in [5.74, 6) is -0.0899. The number of alkyl halides is 1. The van der Waals surface area contributed by atoms with E-state index in [4.69, 9.17) is 23.2 Å². The van der Waals surface area contributed by atoms with Gasteiger partial charge < -0.3 is 0 Å². The smallest absolute Gasteiger partial charge is 0.128 e. The molecule has 0 N–H and O–H groups in total. The molecule has 4 heteroatoms. The Morgan fingerprint density at radius 2 is 2.15 bits per heavy atom. The van der Waals surface area contributed by atoms with Crippen molar-refractivity contribution in [1.29, 1.82) is 0 Å². The zero-order chi connectivity index (χ0) is 9.42. The molecule has 1 aromatic heterocycles. The Kier molecular flexibility index (Phi) is 2.45. The molecule has 0 radical (unpaired) electrons. The normalized spacial score (nSPS) is 11.0. The van der Waals surface area contributed by atoms with E-state index in [9.17, 15) is 4.39 Å². The second-order valence-corrected chi connectivity index (χ2v) is 4.60. The van der Waals surface area contributed by atoms with Gasteiger partial charge in [0.25, 0.3) is 0 Å². The van der Waals surface area contributed by atoms with E-state index in [2.05, 4.69) is 0 Å². The van der Waals surface area contributed by atoms with E-state index in [1.165, 1.54) is 17.4 Å². The predicted octanol–water partition coefficient (Wildman–Crippen LogP) is 4.43. The third-order valence-corrected chi connectivity index (χ3v) is 3.36. The van der Waals surface area contributed by atoms with E-state index in [1.807, 2.05) is 0 Å². The van der Waals surface area contributed by atoms with E-state index < -0.39 is 0 Å². The highest BCUT2D eigenvalue weighted by Gasteiger charge is 2.08. The number of hydrogen-bond donors (Lipinski definition) is 0. The fourth-order valence-electron chi connectivity index (χ4n) is 1.25. The predicted molar refractivity (Wildman–Crippen MR) is 56.4 cm³/mol. The minimum atomic E-state index is -0.267. The molecule has 0 aliphatic heterocycles. The molecule has 1 aromatic carbocycles. The Bertz CT molecular complexity index is 450. The molecule has 0 spiro atoms. The molecule has 68 valence electrons. The third-order valence-electron chi connectivity index (χ3n) is 1.86. The number of rotatable bonds is 1. The summed E-state index contributed by atoms with van der Waals surface area (Å²) < 4.78 is 14.8. The Labute approximate surface area is 88.9 Å². The number of fused-ring (bicyclic) bond motifs is 1. The van der Waals surface area contributed by atoms with Crippen molar-refractivity contribution in [2.45, 2.75) is 5.88 Å². The molecule has 13 heavy (non-hydrogen) atoms. The van der Waals surface area contributed by atoms with Crippen LogP contribution in [-0.2, 0) is 5.88 Å². The van der Waals surface area contributed by atoms with Crippen molar-refractivity contribution in [2.24, 2.45) is 0 Å². The molecule has 0 saturated carbocycles. The largest absolute Gasteiger partial charge is 0.207 e. The highest BCUT2D eigenvalue weighted by atomic mass is 35.5. The zero-order valence-corrected chi connectivity index (χ0v) is 8.81. The molecule has 0 saturated heterocycles. The Morgan fingerprint density at radius 1 is 1.38 bits per heavy atom. The van der Waals surface area contributed by atoms with Crippen LogP contribution in [0.5, 0.6) is 0 Å². The molecular weight excluding hydrogens is 230 g/mol. The highest BCUT2D eigenvalue weighted by molar-refractivity contribution is 7.22. The molecule has 0 unspecified atom stereocenters. The van der Waals surface area contributed by atoms with E-state index in [0.29, 0.717) is 9.90 Å².